The fourth-order valence-corrected chi connectivity index (χ4v) is 2.15. The number of likely N-dealkylation sites (tertiary alicyclic amines) is 1. The average Bonchev–Trinajstić information content (AvgIpc) is 2.44. The Balaban J connectivity index is 1.86. The molecule has 3 rings (SSSR count). The number of carbonyl (C=O) groups excluding carboxylic acids is 1. The van der Waals surface area contributed by atoms with E-state index >= 15 is 0 Å². The zero-order chi connectivity index (χ0) is 13.2. The number of rotatable bonds is 2. The zero-order valence-corrected chi connectivity index (χ0v) is 10.4. The van der Waals surface area contributed by atoms with Gasteiger partial charge in [-0.15, -0.1) is 0 Å². The molecule has 2 heterocycles. The van der Waals surface area contributed by atoms with E-state index in [9.17, 15) is 9.90 Å². The number of aliphatic hydroxyl groups excluding tert-OH is 1. The van der Waals surface area contributed by atoms with Crippen LogP contribution in [-0.2, 0) is 0 Å². The highest BCUT2D eigenvalue weighted by Gasteiger charge is 2.29. The van der Waals surface area contributed by atoms with Gasteiger partial charge in [0.1, 0.15) is 0 Å². The molecule has 2 aromatic rings. The van der Waals surface area contributed by atoms with Crippen LogP contribution in [0.5, 0.6) is 0 Å². The Morgan fingerprint density at radius 1 is 1.16 bits per heavy atom. The van der Waals surface area contributed by atoms with Crippen LogP contribution in [0.4, 0.5) is 0 Å². The van der Waals surface area contributed by atoms with Crippen molar-refractivity contribution in [1.29, 1.82) is 0 Å². The Morgan fingerprint density at radius 3 is 2.58 bits per heavy atom. The third-order valence-electron chi connectivity index (χ3n) is 3.24. The van der Waals surface area contributed by atoms with Gasteiger partial charge in [0.05, 0.1) is 11.7 Å². The Bertz CT molecular complexity index is 592. The van der Waals surface area contributed by atoms with E-state index in [0.717, 1.165) is 11.1 Å². The monoisotopic (exact) mass is 254 g/mol. The molecule has 96 valence electrons. The first-order chi connectivity index (χ1) is 9.24. The first kappa shape index (κ1) is 11.9. The number of amides is 1. The number of nitrogens with zero attached hydrogens (tertiary/aromatic N) is 2. The largest absolute Gasteiger partial charge is 0.389 e. The summed E-state index contributed by atoms with van der Waals surface area (Å²) in [4.78, 5) is 17.9. The van der Waals surface area contributed by atoms with Crippen LogP contribution in [0.2, 0.25) is 0 Å². The van der Waals surface area contributed by atoms with E-state index in [0.29, 0.717) is 18.7 Å². The molecule has 0 aliphatic carbocycles. The first-order valence-electron chi connectivity index (χ1n) is 6.22. The maximum Gasteiger partial charge on any atom is 0.255 e. The van der Waals surface area contributed by atoms with Crippen molar-refractivity contribution in [3.8, 4) is 11.1 Å². The summed E-state index contributed by atoms with van der Waals surface area (Å²) in [5.74, 6) is -0.0735. The van der Waals surface area contributed by atoms with Gasteiger partial charge >= 0.3 is 0 Å². The van der Waals surface area contributed by atoms with Crippen LogP contribution in [0.15, 0.2) is 48.8 Å². The lowest BCUT2D eigenvalue weighted by atomic mass is 10.0. The Labute approximate surface area is 111 Å². The smallest absolute Gasteiger partial charge is 0.255 e. The van der Waals surface area contributed by atoms with Gasteiger partial charge in [0.25, 0.3) is 5.91 Å². The lowest BCUT2D eigenvalue weighted by Crippen LogP contribution is -2.53. The minimum Gasteiger partial charge on any atom is -0.389 e. The molecule has 0 atom stereocenters. The second-order valence-corrected chi connectivity index (χ2v) is 4.69. The fourth-order valence-electron chi connectivity index (χ4n) is 2.15. The van der Waals surface area contributed by atoms with Crippen LogP contribution >= 0.6 is 0 Å². The molecule has 1 aliphatic rings. The van der Waals surface area contributed by atoms with Gasteiger partial charge in [0.15, 0.2) is 0 Å². The van der Waals surface area contributed by atoms with Gasteiger partial charge in [0.2, 0.25) is 0 Å². The average molecular weight is 254 g/mol. The number of carbonyl (C=O) groups is 1. The summed E-state index contributed by atoms with van der Waals surface area (Å²) in [6, 6.07) is 11.7. The summed E-state index contributed by atoms with van der Waals surface area (Å²) in [5.41, 5.74) is 2.52. The second kappa shape index (κ2) is 4.82. The zero-order valence-electron chi connectivity index (χ0n) is 10.4. The third-order valence-corrected chi connectivity index (χ3v) is 3.24. The molecule has 1 fully saturated rings. The van der Waals surface area contributed by atoms with Gasteiger partial charge in [-0.3, -0.25) is 9.78 Å². The topological polar surface area (TPSA) is 53.4 Å². The van der Waals surface area contributed by atoms with Crippen molar-refractivity contribution < 1.29 is 9.90 Å². The van der Waals surface area contributed by atoms with E-state index in [4.69, 9.17) is 0 Å². The van der Waals surface area contributed by atoms with Crippen molar-refractivity contribution in [2.24, 2.45) is 0 Å². The van der Waals surface area contributed by atoms with E-state index in [-0.39, 0.29) is 12.0 Å². The van der Waals surface area contributed by atoms with Crippen molar-refractivity contribution in [3.63, 3.8) is 0 Å². The molecule has 0 saturated carbocycles. The molecule has 4 heteroatoms. The molecule has 1 N–H and O–H groups in total. The van der Waals surface area contributed by atoms with Crippen molar-refractivity contribution in [2.75, 3.05) is 13.1 Å². The Morgan fingerprint density at radius 2 is 1.89 bits per heavy atom. The van der Waals surface area contributed by atoms with Crippen molar-refractivity contribution in [1.82, 2.24) is 9.88 Å². The van der Waals surface area contributed by atoms with Gasteiger partial charge in [-0.2, -0.15) is 0 Å². The molecule has 19 heavy (non-hydrogen) atoms. The molecule has 0 spiro atoms. The van der Waals surface area contributed by atoms with Crippen LogP contribution in [0.1, 0.15) is 10.4 Å². The lowest BCUT2D eigenvalue weighted by Gasteiger charge is -2.35. The SMILES string of the molecule is O=C(c1cncc(-c2ccccc2)c1)N1CC(O)C1. The van der Waals surface area contributed by atoms with Crippen LogP contribution < -0.4 is 0 Å². The van der Waals surface area contributed by atoms with Gasteiger partial charge in [0, 0.05) is 31.0 Å². The van der Waals surface area contributed by atoms with Gasteiger partial charge in [-0.1, -0.05) is 30.3 Å². The Kier molecular flexibility index (Phi) is 3.01. The molecule has 1 aromatic heterocycles. The summed E-state index contributed by atoms with van der Waals surface area (Å²) in [6.45, 7) is 0.822. The molecule has 1 saturated heterocycles. The van der Waals surface area contributed by atoms with E-state index < -0.39 is 0 Å². The van der Waals surface area contributed by atoms with Gasteiger partial charge in [-0.05, 0) is 11.6 Å². The van der Waals surface area contributed by atoms with Crippen LogP contribution in [0, 0.1) is 0 Å². The molecule has 1 aromatic carbocycles. The highest BCUT2D eigenvalue weighted by Crippen LogP contribution is 2.20. The van der Waals surface area contributed by atoms with Gasteiger partial charge < -0.3 is 10.0 Å². The first-order valence-corrected chi connectivity index (χ1v) is 6.22. The van der Waals surface area contributed by atoms with Crippen molar-refractivity contribution in [3.05, 3.63) is 54.4 Å². The predicted molar refractivity (Wildman–Crippen MR) is 71.6 cm³/mol. The molecular formula is C15H14N2O2. The molecule has 4 nitrogen and oxygen atoms in total. The number of hydrogen-bond donors (Lipinski definition) is 1. The minimum absolute atomic E-state index is 0.0735. The quantitative estimate of drug-likeness (QED) is 0.885. The number of hydrogen-bond acceptors (Lipinski definition) is 3. The van der Waals surface area contributed by atoms with Crippen LogP contribution in [0.3, 0.4) is 0 Å². The fraction of sp³-hybridized carbons (Fsp3) is 0.200. The number of aliphatic hydroxyl groups is 1. The number of benzene rings is 1. The van der Waals surface area contributed by atoms with Gasteiger partial charge in [-0.25, -0.2) is 0 Å². The summed E-state index contributed by atoms with van der Waals surface area (Å²) in [5, 5.41) is 9.24. The minimum atomic E-state index is -0.380. The standard InChI is InChI=1S/C15H14N2O2/c18-14-9-17(10-14)15(19)13-6-12(7-16-8-13)11-4-2-1-3-5-11/h1-8,14,18H,9-10H2. The van der Waals surface area contributed by atoms with Crippen LogP contribution in [-0.4, -0.2) is 40.1 Å². The van der Waals surface area contributed by atoms with Crippen molar-refractivity contribution >= 4 is 5.91 Å². The van der Waals surface area contributed by atoms with Crippen LogP contribution in [0.25, 0.3) is 11.1 Å². The normalized spacial score (nSPS) is 15.1. The number of β-amino-alcohol motifs (C(OH)–C–C–N with tert-alkyl or cyclic N) is 1. The molecular weight excluding hydrogens is 240 g/mol. The van der Waals surface area contributed by atoms with E-state index in [1.165, 1.54) is 0 Å². The van der Waals surface area contributed by atoms with Crippen molar-refractivity contribution in [2.45, 2.75) is 6.10 Å². The number of pyridine rings is 1. The lowest BCUT2D eigenvalue weighted by molar-refractivity contribution is 0.00587. The maximum absolute atomic E-state index is 12.1. The second-order valence-electron chi connectivity index (χ2n) is 4.69. The molecule has 0 unspecified atom stereocenters. The predicted octanol–water partition coefficient (Wildman–Crippen LogP) is 1.57. The number of aromatic nitrogens is 1. The maximum atomic E-state index is 12.1. The van der Waals surface area contributed by atoms with E-state index in [2.05, 4.69) is 4.98 Å². The summed E-state index contributed by atoms with van der Waals surface area (Å²) in [7, 11) is 0. The molecule has 1 amide bonds. The van der Waals surface area contributed by atoms with E-state index in [1.54, 1.807) is 17.3 Å². The Hall–Kier alpha value is -2.20. The highest BCUT2D eigenvalue weighted by atomic mass is 16.3. The third kappa shape index (κ3) is 2.35. The van der Waals surface area contributed by atoms with E-state index in [1.807, 2.05) is 36.4 Å². The molecule has 0 radical (unpaired) electrons. The summed E-state index contributed by atoms with van der Waals surface area (Å²) < 4.78 is 0. The molecule has 1 aliphatic heterocycles. The molecule has 0 bridgehead atoms. The summed E-state index contributed by atoms with van der Waals surface area (Å²) >= 11 is 0. The summed E-state index contributed by atoms with van der Waals surface area (Å²) in [6.07, 6.45) is 2.94. The highest BCUT2D eigenvalue weighted by molar-refractivity contribution is 5.95.